The number of carbonyl (C=O) groups is 1. The molecule has 0 aliphatic heterocycles. The molecule has 0 radical (unpaired) electrons. The van der Waals surface area contributed by atoms with Crippen molar-refractivity contribution in [2.45, 2.75) is 39.2 Å². The summed E-state index contributed by atoms with van der Waals surface area (Å²) < 4.78 is 0. The van der Waals surface area contributed by atoms with Crippen molar-refractivity contribution >= 4 is 5.91 Å². The standard InChI is InChI=1S/C16H24N2O/c1-12(2)15(19)18-11-7-9-13-8-5-6-10-14(13)16(3,4)17/h5-6,8,10H,1,7,9,11,17H2,2-4H3,(H,18,19). The number of amides is 1. The van der Waals surface area contributed by atoms with Crippen LogP contribution in [0.15, 0.2) is 36.4 Å². The van der Waals surface area contributed by atoms with Crippen LogP contribution in [0.4, 0.5) is 0 Å². The van der Waals surface area contributed by atoms with Gasteiger partial charge in [-0.2, -0.15) is 0 Å². The second-order valence-electron chi connectivity index (χ2n) is 5.52. The normalized spacial score (nSPS) is 11.2. The fraction of sp³-hybridized carbons (Fsp3) is 0.438. The topological polar surface area (TPSA) is 55.1 Å². The van der Waals surface area contributed by atoms with Crippen molar-refractivity contribution in [3.8, 4) is 0 Å². The first kappa shape index (κ1) is 15.4. The van der Waals surface area contributed by atoms with E-state index in [4.69, 9.17) is 5.73 Å². The van der Waals surface area contributed by atoms with Crippen LogP contribution in [-0.4, -0.2) is 12.5 Å². The second-order valence-corrected chi connectivity index (χ2v) is 5.52. The van der Waals surface area contributed by atoms with E-state index in [1.165, 1.54) is 11.1 Å². The molecule has 1 rings (SSSR count). The number of nitrogens with two attached hydrogens (primary N) is 1. The smallest absolute Gasteiger partial charge is 0.246 e. The summed E-state index contributed by atoms with van der Waals surface area (Å²) in [6.45, 7) is 9.99. The third-order valence-corrected chi connectivity index (χ3v) is 3.01. The molecule has 3 heteroatoms. The Labute approximate surface area is 115 Å². The number of rotatable bonds is 6. The monoisotopic (exact) mass is 260 g/mol. The van der Waals surface area contributed by atoms with E-state index in [9.17, 15) is 4.79 Å². The van der Waals surface area contributed by atoms with Gasteiger partial charge in [-0.1, -0.05) is 30.8 Å². The lowest BCUT2D eigenvalue weighted by Gasteiger charge is -2.23. The van der Waals surface area contributed by atoms with Gasteiger partial charge in [0.1, 0.15) is 0 Å². The zero-order valence-corrected chi connectivity index (χ0v) is 12.1. The fourth-order valence-corrected chi connectivity index (χ4v) is 2.00. The Kier molecular flexibility index (Phi) is 5.31. The highest BCUT2D eigenvalue weighted by molar-refractivity contribution is 5.91. The number of hydrogen-bond acceptors (Lipinski definition) is 2. The van der Waals surface area contributed by atoms with E-state index in [1.807, 2.05) is 26.0 Å². The molecule has 3 N–H and O–H groups in total. The molecule has 0 spiro atoms. The van der Waals surface area contributed by atoms with Gasteiger partial charge < -0.3 is 11.1 Å². The van der Waals surface area contributed by atoms with Gasteiger partial charge in [0.25, 0.3) is 0 Å². The zero-order valence-electron chi connectivity index (χ0n) is 12.1. The molecule has 19 heavy (non-hydrogen) atoms. The molecule has 0 saturated carbocycles. The molecule has 1 aromatic rings. The van der Waals surface area contributed by atoms with Gasteiger partial charge in [0.2, 0.25) is 5.91 Å². The number of aryl methyl sites for hydroxylation is 1. The summed E-state index contributed by atoms with van der Waals surface area (Å²) in [7, 11) is 0. The van der Waals surface area contributed by atoms with Crippen LogP contribution in [0.25, 0.3) is 0 Å². The molecular formula is C16H24N2O. The molecule has 1 aromatic carbocycles. The molecule has 3 nitrogen and oxygen atoms in total. The minimum atomic E-state index is -0.336. The molecule has 0 bridgehead atoms. The first-order valence-corrected chi connectivity index (χ1v) is 6.63. The van der Waals surface area contributed by atoms with Gasteiger partial charge in [0, 0.05) is 17.7 Å². The van der Waals surface area contributed by atoms with Crippen LogP contribution in [0.5, 0.6) is 0 Å². The van der Waals surface area contributed by atoms with Gasteiger partial charge >= 0.3 is 0 Å². The van der Waals surface area contributed by atoms with Gasteiger partial charge in [-0.05, 0) is 44.7 Å². The fourth-order valence-electron chi connectivity index (χ4n) is 2.00. The van der Waals surface area contributed by atoms with Gasteiger partial charge in [-0.3, -0.25) is 4.79 Å². The quantitative estimate of drug-likeness (QED) is 0.610. The van der Waals surface area contributed by atoms with Crippen LogP contribution in [0, 0.1) is 0 Å². The van der Waals surface area contributed by atoms with Crippen molar-refractivity contribution in [2.24, 2.45) is 5.73 Å². The SMILES string of the molecule is C=C(C)C(=O)NCCCc1ccccc1C(C)(C)N. The van der Waals surface area contributed by atoms with Gasteiger partial charge in [-0.25, -0.2) is 0 Å². The molecule has 0 fully saturated rings. The Balaban J connectivity index is 2.55. The summed E-state index contributed by atoms with van der Waals surface area (Å²) in [5.74, 6) is -0.0764. The van der Waals surface area contributed by atoms with Crippen LogP contribution in [0.2, 0.25) is 0 Å². The molecule has 1 amide bonds. The lowest BCUT2D eigenvalue weighted by atomic mass is 9.89. The van der Waals surface area contributed by atoms with E-state index in [0.717, 1.165) is 12.8 Å². The summed E-state index contributed by atoms with van der Waals surface area (Å²) in [6, 6.07) is 8.21. The summed E-state index contributed by atoms with van der Waals surface area (Å²) in [5.41, 5.74) is 8.79. The Morgan fingerprint density at radius 1 is 1.37 bits per heavy atom. The molecule has 0 aromatic heterocycles. The summed E-state index contributed by atoms with van der Waals surface area (Å²) in [5, 5.41) is 2.84. The predicted molar refractivity (Wildman–Crippen MR) is 79.8 cm³/mol. The van der Waals surface area contributed by atoms with Crippen molar-refractivity contribution in [1.29, 1.82) is 0 Å². The van der Waals surface area contributed by atoms with Crippen LogP contribution < -0.4 is 11.1 Å². The average molecular weight is 260 g/mol. The molecule has 0 atom stereocenters. The van der Waals surface area contributed by atoms with Crippen LogP contribution in [-0.2, 0) is 16.8 Å². The van der Waals surface area contributed by atoms with E-state index in [2.05, 4.69) is 24.0 Å². The van der Waals surface area contributed by atoms with Crippen molar-refractivity contribution in [3.05, 3.63) is 47.5 Å². The van der Waals surface area contributed by atoms with Crippen molar-refractivity contribution in [3.63, 3.8) is 0 Å². The molecule has 0 unspecified atom stereocenters. The van der Waals surface area contributed by atoms with Crippen LogP contribution in [0.3, 0.4) is 0 Å². The highest BCUT2D eigenvalue weighted by Gasteiger charge is 2.17. The average Bonchev–Trinajstić information content (AvgIpc) is 2.33. The molecule has 0 aliphatic rings. The highest BCUT2D eigenvalue weighted by atomic mass is 16.1. The molecular weight excluding hydrogens is 236 g/mol. The van der Waals surface area contributed by atoms with E-state index < -0.39 is 0 Å². The van der Waals surface area contributed by atoms with Crippen LogP contribution >= 0.6 is 0 Å². The van der Waals surface area contributed by atoms with Crippen molar-refractivity contribution in [2.75, 3.05) is 6.54 Å². The Morgan fingerprint density at radius 3 is 2.58 bits per heavy atom. The van der Waals surface area contributed by atoms with Gasteiger partial charge in [0.05, 0.1) is 0 Å². The first-order valence-electron chi connectivity index (χ1n) is 6.63. The highest BCUT2D eigenvalue weighted by Crippen LogP contribution is 2.22. The van der Waals surface area contributed by atoms with E-state index >= 15 is 0 Å². The Hall–Kier alpha value is -1.61. The Morgan fingerprint density at radius 2 is 2.00 bits per heavy atom. The van der Waals surface area contributed by atoms with Gasteiger partial charge in [0.15, 0.2) is 0 Å². The van der Waals surface area contributed by atoms with Crippen LogP contribution in [0.1, 0.15) is 38.3 Å². The molecule has 104 valence electrons. The minimum Gasteiger partial charge on any atom is -0.352 e. The minimum absolute atomic E-state index is 0.0764. The maximum absolute atomic E-state index is 11.3. The summed E-state index contributed by atoms with van der Waals surface area (Å²) in [6.07, 6.45) is 1.80. The largest absolute Gasteiger partial charge is 0.352 e. The number of hydrogen-bond donors (Lipinski definition) is 2. The maximum atomic E-state index is 11.3. The van der Waals surface area contributed by atoms with Crippen molar-refractivity contribution in [1.82, 2.24) is 5.32 Å². The number of carbonyl (C=O) groups excluding carboxylic acids is 1. The zero-order chi connectivity index (χ0) is 14.5. The number of benzene rings is 1. The third-order valence-electron chi connectivity index (χ3n) is 3.01. The first-order chi connectivity index (χ1) is 8.82. The van der Waals surface area contributed by atoms with Crippen molar-refractivity contribution < 1.29 is 4.79 Å². The third kappa shape index (κ3) is 4.87. The molecule has 0 heterocycles. The number of nitrogens with one attached hydrogen (secondary N) is 1. The maximum Gasteiger partial charge on any atom is 0.246 e. The molecule has 0 saturated heterocycles. The summed E-state index contributed by atoms with van der Waals surface area (Å²) in [4.78, 5) is 11.3. The Bertz CT molecular complexity index is 458. The molecule has 0 aliphatic carbocycles. The van der Waals surface area contributed by atoms with E-state index in [-0.39, 0.29) is 11.4 Å². The second kappa shape index (κ2) is 6.53. The lowest BCUT2D eigenvalue weighted by molar-refractivity contribution is -0.117. The van der Waals surface area contributed by atoms with E-state index in [1.54, 1.807) is 6.92 Å². The van der Waals surface area contributed by atoms with E-state index in [0.29, 0.717) is 12.1 Å². The van der Waals surface area contributed by atoms with Gasteiger partial charge in [-0.15, -0.1) is 0 Å². The summed E-state index contributed by atoms with van der Waals surface area (Å²) >= 11 is 0. The predicted octanol–water partition coefficient (Wildman–Crippen LogP) is 2.51. The lowest BCUT2D eigenvalue weighted by Crippen LogP contribution is -2.30.